The lowest BCUT2D eigenvalue weighted by Gasteiger charge is -2.18. The van der Waals surface area contributed by atoms with Crippen LogP contribution in [-0.4, -0.2) is 38.6 Å². The molecular formula is C12H8F6N4O2S. The SMILES string of the molecule is CN(C)C(=S)n1c(C(F)(F)F)nc2c([N+](=O)[O-])cc(C(F)(F)F)cc21. The number of hydrogen-bond donors (Lipinski definition) is 0. The first-order chi connectivity index (χ1) is 11.2. The number of alkyl halides is 6. The highest BCUT2D eigenvalue weighted by molar-refractivity contribution is 7.80. The van der Waals surface area contributed by atoms with Crippen LogP contribution in [0.3, 0.4) is 0 Å². The molecule has 136 valence electrons. The molecule has 0 spiro atoms. The summed E-state index contributed by atoms with van der Waals surface area (Å²) in [7, 11) is 2.55. The third-order valence-corrected chi connectivity index (χ3v) is 3.64. The topological polar surface area (TPSA) is 64.2 Å². The van der Waals surface area contributed by atoms with Gasteiger partial charge in [0, 0.05) is 20.2 Å². The molecule has 0 unspecified atom stereocenters. The fourth-order valence-electron chi connectivity index (χ4n) is 2.05. The van der Waals surface area contributed by atoms with Gasteiger partial charge in [-0.15, -0.1) is 0 Å². The number of hydrogen-bond acceptors (Lipinski definition) is 4. The fraction of sp³-hybridized carbons (Fsp3) is 0.333. The Morgan fingerprint density at radius 3 is 2.16 bits per heavy atom. The van der Waals surface area contributed by atoms with Crippen LogP contribution in [-0.2, 0) is 12.4 Å². The van der Waals surface area contributed by atoms with Crippen LogP contribution >= 0.6 is 12.2 Å². The summed E-state index contributed by atoms with van der Waals surface area (Å²) in [5.41, 5.74) is -4.28. The second-order valence-electron chi connectivity index (χ2n) is 5.06. The highest BCUT2D eigenvalue weighted by Gasteiger charge is 2.42. The van der Waals surface area contributed by atoms with E-state index >= 15 is 0 Å². The molecule has 0 radical (unpaired) electrons. The van der Waals surface area contributed by atoms with Crippen molar-refractivity contribution >= 4 is 34.1 Å². The van der Waals surface area contributed by atoms with E-state index in [1.807, 2.05) is 0 Å². The molecule has 25 heavy (non-hydrogen) atoms. The van der Waals surface area contributed by atoms with E-state index in [0.29, 0.717) is 6.07 Å². The molecule has 0 bridgehead atoms. The Bertz CT molecular complexity index is 871. The van der Waals surface area contributed by atoms with Crippen LogP contribution in [0.1, 0.15) is 11.4 Å². The monoisotopic (exact) mass is 386 g/mol. The molecule has 0 saturated carbocycles. The number of nitrogens with zero attached hydrogens (tertiary/aromatic N) is 4. The van der Waals surface area contributed by atoms with Crippen molar-refractivity contribution in [3.63, 3.8) is 0 Å². The number of rotatable bonds is 1. The Labute approximate surface area is 140 Å². The summed E-state index contributed by atoms with van der Waals surface area (Å²) in [4.78, 5) is 14.0. The average Bonchev–Trinajstić information content (AvgIpc) is 2.83. The van der Waals surface area contributed by atoms with Crippen molar-refractivity contribution in [2.45, 2.75) is 12.4 Å². The second-order valence-corrected chi connectivity index (χ2v) is 5.43. The third kappa shape index (κ3) is 3.36. The first-order valence-electron chi connectivity index (χ1n) is 6.32. The maximum atomic E-state index is 13.2. The number of benzene rings is 1. The first-order valence-corrected chi connectivity index (χ1v) is 6.73. The summed E-state index contributed by atoms with van der Waals surface area (Å²) in [5.74, 6) is -1.65. The van der Waals surface area contributed by atoms with Gasteiger partial charge in [-0.3, -0.25) is 14.7 Å². The Balaban J connectivity index is 3.02. The average molecular weight is 386 g/mol. The Kier molecular flexibility index (Phi) is 4.40. The molecule has 2 rings (SSSR count). The van der Waals surface area contributed by atoms with Crippen LogP contribution in [0.2, 0.25) is 0 Å². The molecule has 6 nitrogen and oxygen atoms in total. The van der Waals surface area contributed by atoms with E-state index in [2.05, 4.69) is 4.98 Å². The van der Waals surface area contributed by atoms with E-state index in [4.69, 9.17) is 12.2 Å². The lowest BCUT2D eigenvalue weighted by molar-refractivity contribution is -0.383. The summed E-state index contributed by atoms with van der Waals surface area (Å²) < 4.78 is 78.8. The maximum absolute atomic E-state index is 13.2. The summed E-state index contributed by atoms with van der Waals surface area (Å²) in [6.45, 7) is 0. The Morgan fingerprint density at radius 2 is 1.76 bits per heavy atom. The quantitative estimate of drug-likeness (QED) is 0.324. The van der Waals surface area contributed by atoms with Gasteiger partial charge in [-0.1, -0.05) is 0 Å². The van der Waals surface area contributed by atoms with Gasteiger partial charge in [0.05, 0.1) is 16.0 Å². The molecule has 1 aromatic carbocycles. The van der Waals surface area contributed by atoms with Gasteiger partial charge >= 0.3 is 12.4 Å². The number of aromatic nitrogens is 2. The molecule has 0 N–H and O–H groups in total. The van der Waals surface area contributed by atoms with Crippen LogP contribution < -0.4 is 0 Å². The van der Waals surface area contributed by atoms with Gasteiger partial charge in [-0.25, -0.2) is 4.98 Å². The van der Waals surface area contributed by atoms with Gasteiger partial charge in [0.25, 0.3) is 5.69 Å². The van der Waals surface area contributed by atoms with Gasteiger partial charge < -0.3 is 4.90 Å². The molecule has 0 aliphatic heterocycles. The minimum Gasteiger partial charge on any atom is -0.355 e. The fourth-order valence-corrected chi connectivity index (χ4v) is 2.23. The van der Waals surface area contributed by atoms with Crippen molar-refractivity contribution < 1.29 is 31.3 Å². The number of nitro groups is 1. The van der Waals surface area contributed by atoms with E-state index in [0.717, 1.165) is 4.90 Å². The minimum atomic E-state index is -5.09. The van der Waals surface area contributed by atoms with Crippen LogP contribution in [0, 0.1) is 10.1 Å². The summed E-state index contributed by atoms with van der Waals surface area (Å²) in [5, 5.41) is 10.5. The second kappa shape index (κ2) is 5.82. The lowest BCUT2D eigenvalue weighted by Crippen LogP contribution is -2.30. The zero-order valence-electron chi connectivity index (χ0n) is 12.4. The van der Waals surface area contributed by atoms with Crippen molar-refractivity contribution in [1.82, 2.24) is 14.5 Å². The van der Waals surface area contributed by atoms with Crippen molar-refractivity contribution in [3.05, 3.63) is 33.6 Å². The van der Waals surface area contributed by atoms with Crippen LogP contribution in [0.25, 0.3) is 11.0 Å². The summed E-state index contributed by atoms with van der Waals surface area (Å²) in [6, 6.07) is 0.485. The summed E-state index contributed by atoms with van der Waals surface area (Å²) in [6.07, 6.45) is -10.1. The molecular weight excluding hydrogens is 378 g/mol. The number of thiocarbonyl (C=S) groups is 1. The smallest absolute Gasteiger partial charge is 0.355 e. The Hall–Kier alpha value is -2.44. The van der Waals surface area contributed by atoms with E-state index in [1.165, 1.54) is 14.1 Å². The molecule has 1 heterocycles. The van der Waals surface area contributed by atoms with Crippen molar-refractivity contribution in [1.29, 1.82) is 0 Å². The maximum Gasteiger partial charge on any atom is 0.450 e. The summed E-state index contributed by atoms with van der Waals surface area (Å²) >= 11 is 4.83. The predicted molar refractivity (Wildman–Crippen MR) is 78.1 cm³/mol. The van der Waals surface area contributed by atoms with Crippen molar-refractivity contribution in [2.24, 2.45) is 0 Å². The highest BCUT2D eigenvalue weighted by Crippen LogP contribution is 2.39. The molecule has 0 aliphatic carbocycles. The number of fused-ring (bicyclic) bond motifs is 1. The molecule has 0 amide bonds. The molecule has 1 aromatic heterocycles. The van der Waals surface area contributed by atoms with E-state index in [-0.39, 0.29) is 10.6 Å². The van der Waals surface area contributed by atoms with Gasteiger partial charge in [0.15, 0.2) is 10.6 Å². The number of non-ortho nitro benzene ring substituents is 1. The number of imidazole rings is 1. The third-order valence-electron chi connectivity index (χ3n) is 3.09. The van der Waals surface area contributed by atoms with Crippen LogP contribution in [0.4, 0.5) is 32.0 Å². The number of halogens is 6. The van der Waals surface area contributed by atoms with Crippen LogP contribution in [0.15, 0.2) is 12.1 Å². The zero-order valence-corrected chi connectivity index (χ0v) is 13.3. The largest absolute Gasteiger partial charge is 0.450 e. The molecule has 0 saturated heterocycles. The predicted octanol–water partition coefficient (Wildman–Crippen LogP) is 3.68. The normalized spacial score (nSPS) is 12.5. The van der Waals surface area contributed by atoms with Gasteiger partial charge in [0.2, 0.25) is 5.82 Å². The van der Waals surface area contributed by atoms with Crippen molar-refractivity contribution in [3.8, 4) is 0 Å². The Morgan fingerprint density at radius 1 is 1.20 bits per heavy atom. The van der Waals surface area contributed by atoms with Crippen molar-refractivity contribution in [2.75, 3.05) is 14.1 Å². The molecule has 2 aromatic rings. The van der Waals surface area contributed by atoms with Gasteiger partial charge in [0.1, 0.15) is 0 Å². The van der Waals surface area contributed by atoms with E-state index in [9.17, 15) is 36.5 Å². The molecule has 0 atom stereocenters. The zero-order chi connectivity index (χ0) is 19.3. The highest BCUT2D eigenvalue weighted by atomic mass is 32.1. The minimum absolute atomic E-state index is 0.137. The van der Waals surface area contributed by atoms with Gasteiger partial charge in [-0.05, 0) is 18.3 Å². The van der Waals surface area contributed by atoms with E-state index in [1.54, 1.807) is 0 Å². The molecule has 13 heteroatoms. The first kappa shape index (κ1) is 18.9. The number of nitro benzene ring substituents is 1. The molecule has 0 aliphatic rings. The lowest BCUT2D eigenvalue weighted by atomic mass is 10.1. The van der Waals surface area contributed by atoms with Crippen LogP contribution in [0.5, 0.6) is 0 Å². The van der Waals surface area contributed by atoms with Gasteiger partial charge in [-0.2, -0.15) is 26.3 Å². The van der Waals surface area contributed by atoms with E-state index < -0.39 is 50.5 Å². The molecule has 0 fully saturated rings. The standard InChI is InChI=1S/C12H8F6N4O2S/c1-20(2)10(25)21-6-3-5(11(13,14)15)4-7(22(23)24)8(6)19-9(21)12(16,17)18/h3-4H,1-2H3.